The summed E-state index contributed by atoms with van der Waals surface area (Å²) >= 11 is 0. The number of halogens is 1. The smallest absolute Gasteiger partial charge is 0.123 e. The van der Waals surface area contributed by atoms with Crippen molar-refractivity contribution in [3.8, 4) is 0 Å². The van der Waals surface area contributed by atoms with Crippen LogP contribution in [0.2, 0.25) is 0 Å². The molecule has 0 saturated carbocycles. The van der Waals surface area contributed by atoms with E-state index in [1.54, 1.807) is 19.1 Å². The Labute approximate surface area is 70.8 Å². The first kappa shape index (κ1) is 9.16. The van der Waals surface area contributed by atoms with Gasteiger partial charge in [0.15, 0.2) is 0 Å². The Morgan fingerprint density at radius 1 is 1.33 bits per heavy atom. The zero-order valence-electron chi connectivity index (χ0n) is 6.87. The van der Waals surface area contributed by atoms with Crippen molar-refractivity contribution in [1.82, 2.24) is 0 Å². The van der Waals surface area contributed by atoms with E-state index in [4.69, 9.17) is 10.8 Å². The third-order valence-corrected chi connectivity index (χ3v) is 1.77. The Morgan fingerprint density at radius 2 is 1.83 bits per heavy atom. The van der Waals surface area contributed by atoms with Gasteiger partial charge in [0.2, 0.25) is 0 Å². The van der Waals surface area contributed by atoms with E-state index < -0.39 is 12.1 Å². The highest BCUT2D eigenvalue weighted by molar-refractivity contribution is 5.20. The lowest BCUT2D eigenvalue weighted by Gasteiger charge is -2.14. The van der Waals surface area contributed by atoms with Crippen LogP contribution in [0.3, 0.4) is 0 Å². The summed E-state index contributed by atoms with van der Waals surface area (Å²) in [5, 5.41) is 9.12. The van der Waals surface area contributed by atoms with Crippen molar-refractivity contribution >= 4 is 0 Å². The van der Waals surface area contributed by atoms with Crippen molar-refractivity contribution in [2.45, 2.75) is 19.1 Å². The van der Waals surface area contributed by atoms with Crippen LogP contribution in [-0.4, -0.2) is 11.2 Å². The molecule has 0 amide bonds. The summed E-state index contributed by atoms with van der Waals surface area (Å²) in [6, 6.07) is 5.37. The fraction of sp³-hybridized carbons (Fsp3) is 0.333. The van der Waals surface area contributed by atoms with Crippen LogP contribution < -0.4 is 5.73 Å². The average molecular weight is 169 g/mol. The quantitative estimate of drug-likeness (QED) is 0.699. The van der Waals surface area contributed by atoms with Gasteiger partial charge in [-0.1, -0.05) is 12.1 Å². The molecule has 3 heteroatoms. The maximum absolute atomic E-state index is 12.4. The first-order valence-electron chi connectivity index (χ1n) is 3.80. The van der Waals surface area contributed by atoms with Crippen LogP contribution in [0.5, 0.6) is 0 Å². The van der Waals surface area contributed by atoms with Gasteiger partial charge in [0.25, 0.3) is 0 Å². The molecule has 1 aromatic carbocycles. The van der Waals surface area contributed by atoms with E-state index >= 15 is 0 Å². The second kappa shape index (κ2) is 3.65. The Bertz CT molecular complexity index is 245. The maximum atomic E-state index is 12.4. The minimum atomic E-state index is -0.615. The van der Waals surface area contributed by atoms with Crippen LogP contribution in [0.1, 0.15) is 18.5 Å². The van der Waals surface area contributed by atoms with E-state index in [1.165, 1.54) is 12.1 Å². The van der Waals surface area contributed by atoms with Crippen LogP contribution >= 0.6 is 0 Å². The minimum absolute atomic E-state index is 0.295. The van der Waals surface area contributed by atoms with Crippen molar-refractivity contribution in [2.24, 2.45) is 5.73 Å². The molecule has 0 saturated heterocycles. The zero-order chi connectivity index (χ0) is 9.14. The highest BCUT2D eigenvalue weighted by Gasteiger charge is 2.10. The predicted octanol–water partition coefficient (Wildman–Crippen LogP) is 1.21. The van der Waals surface area contributed by atoms with E-state index in [2.05, 4.69) is 0 Å². The number of hydrogen-bond acceptors (Lipinski definition) is 2. The highest BCUT2D eigenvalue weighted by Crippen LogP contribution is 2.13. The second-order valence-corrected chi connectivity index (χ2v) is 2.82. The minimum Gasteiger partial charge on any atom is -0.391 e. The van der Waals surface area contributed by atoms with Crippen LogP contribution in [-0.2, 0) is 0 Å². The Morgan fingerprint density at radius 3 is 2.25 bits per heavy atom. The molecule has 0 aliphatic heterocycles. The molecule has 0 aliphatic carbocycles. The SMILES string of the molecule is C[C@@H](O)[C@@H](N)c1ccc(F)cc1. The van der Waals surface area contributed by atoms with E-state index in [0.29, 0.717) is 0 Å². The first-order valence-corrected chi connectivity index (χ1v) is 3.80. The number of aliphatic hydroxyl groups excluding tert-OH is 1. The van der Waals surface area contributed by atoms with Gasteiger partial charge in [-0.05, 0) is 24.6 Å². The molecule has 0 unspecified atom stereocenters. The molecule has 2 atom stereocenters. The van der Waals surface area contributed by atoms with Crippen molar-refractivity contribution in [1.29, 1.82) is 0 Å². The topological polar surface area (TPSA) is 46.2 Å². The third-order valence-electron chi connectivity index (χ3n) is 1.77. The molecule has 0 radical (unpaired) electrons. The van der Waals surface area contributed by atoms with Gasteiger partial charge < -0.3 is 10.8 Å². The lowest BCUT2D eigenvalue weighted by atomic mass is 10.0. The number of hydrogen-bond donors (Lipinski definition) is 2. The maximum Gasteiger partial charge on any atom is 0.123 e. The van der Waals surface area contributed by atoms with E-state index in [0.717, 1.165) is 5.56 Å². The van der Waals surface area contributed by atoms with Gasteiger partial charge in [0.1, 0.15) is 5.82 Å². The molecule has 3 N–H and O–H groups in total. The normalized spacial score (nSPS) is 15.7. The predicted molar refractivity (Wildman–Crippen MR) is 45.0 cm³/mol. The Balaban J connectivity index is 2.82. The van der Waals surface area contributed by atoms with Crippen LogP contribution in [0.25, 0.3) is 0 Å². The molecule has 0 fully saturated rings. The van der Waals surface area contributed by atoms with E-state index in [1.807, 2.05) is 0 Å². The number of benzene rings is 1. The summed E-state index contributed by atoms with van der Waals surface area (Å²) in [6.07, 6.45) is -0.615. The van der Waals surface area contributed by atoms with Crippen LogP contribution in [0.15, 0.2) is 24.3 Å². The van der Waals surface area contributed by atoms with Gasteiger partial charge in [-0.2, -0.15) is 0 Å². The fourth-order valence-electron chi connectivity index (χ4n) is 0.964. The lowest BCUT2D eigenvalue weighted by molar-refractivity contribution is 0.164. The van der Waals surface area contributed by atoms with Gasteiger partial charge >= 0.3 is 0 Å². The fourth-order valence-corrected chi connectivity index (χ4v) is 0.964. The zero-order valence-corrected chi connectivity index (χ0v) is 6.87. The molecule has 1 aromatic rings. The summed E-state index contributed by atoms with van der Waals surface area (Å²) in [6.45, 7) is 1.61. The first-order chi connectivity index (χ1) is 5.61. The third kappa shape index (κ3) is 2.03. The molecule has 66 valence electrons. The standard InChI is InChI=1S/C9H12FNO/c1-6(12)9(11)7-2-4-8(10)5-3-7/h2-6,9,12H,11H2,1H3/t6-,9-/m1/s1. The Hall–Kier alpha value is -0.930. The number of nitrogens with two attached hydrogens (primary N) is 1. The van der Waals surface area contributed by atoms with Crippen molar-refractivity contribution in [3.05, 3.63) is 35.6 Å². The summed E-state index contributed by atoms with van der Waals surface area (Å²) < 4.78 is 12.4. The molecular weight excluding hydrogens is 157 g/mol. The number of rotatable bonds is 2. The van der Waals surface area contributed by atoms with Crippen molar-refractivity contribution < 1.29 is 9.50 Å². The lowest BCUT2D eigenvalue weighted by Crippen LogP contribution is -2.22. The molecule has 0 aliphatic rings. The monoisotopic (exact) mass is 169 g/mol. The van der Waals surface area contributed by atoms with Crippen molar-refractivity contribution in [2.75, 3.05) is 0 Å². The van der Waals surface area contributed by atoms with Crippen LogP contribution in [0.4, 0.5) is 4.39 Å². The summed E-state index contributed by atoms with van der Waals surface area (Å²) in [4.78, 5) is 0. The van der Waals surface area contributed by atoms with Gasteiger partial charge in [-0.25, -0.2) is 4.39 Å². The van der Waals surface area contributed by atoms with E-state index in [9.17, 15) is 4.39 Å². The van der Waals surface area contributed by atoms with Gasteiger partial charge in [0, 0.05) is 0 Å². The summed E-state index contributed by atoms with van der Waals surface area (Å²) in [5.74, 6) is -0.295. The molecular formula is C9H12FNO. The molecule has 1 rings (SSSR count). The molecule has 2 nitrogen and oxygen atoms in total. The molecule has 12 heavy (non-hydrogen) atoms. The number of aliphatic hydroxyl groups is 1. The summed E-state index contributed by atoms with van der Waals surface area (Å²) in [7, 11) is 0. The van der Waals surface area contributed by atoms with Crippen molar-refractivity contribution in [3.63, 3.8) is 0 Å². The molecule has 0 spiro atoms. The van der Waals surface area contributed by atoms with Gasteiger partial charge in [-0.15, -0.1) is 0 Å². The molecule has 0 heterocycles. The highest BCUT2D eigenvalue weighted by atomic mass is 19.1. The Kier molecular flexibility index (Phi) is 2.78. The van der Waals surface area contributed by atoms with Gasteiger partial charge in [0.05, 0.1) is 12.1 Å². The summed E-state index contributed by atoms with van der Waals surface area (Å²) in [5.41, 5.74) is 6.36. The molecule has 0 bridgehead atoms. The second-order valence-electron chi connectivity index (χ2n) is 2.82. The van der Waals surface area contributed by atoms with Gasteiger partial charge in [-0.3, -0.25) is 0 Å². The van der Waals surface area contributed by atoms with Crippen LogP contribution in [0, 0.1) is 5.82 Å². The molecule has 0 aromatic heterocycles. The van der Waals surface area contributed by atoms with E-state index in [-0.39, 0.29) is 5.82 Å². The largest absolute Gasteiger partial charge is 0.391 e. The average Bonchev–Trinajstić information content (AvgIpc) is 2.04.